The Bertz CT molecular complexity index is 511. The molecule has 0 spiro atoms. The molecule has 0 saturated heterocycles. The van der Waals surface area contributed by atoms with Gasteiger partial charge < -0.3 is 15.3 Å². The number of carbonyl (C=O) groups excluding carboxylic acids is 1. The maximum absolute atomic E-state index is 12.3. The third-order valence-corrected chi connectivity index (χ3v) is 4.32. The highest BCUT2D eigenvalue weighted by molar-refractivity contribution is 7.12. The summed E-state index contributed by atoms with van der Waals surface area (Å²) in [6.45, 7) is 10.0. The topological polar surface area (TPSA) is 69.6 Å². The number of rotatable bonds is 6. The molecule has 1 atom stereocenters. The fraction of sp³-hybridized carbons (Fsp3) is 0.600. The second-order valence-electron chi connectivity index (χ2n) is 5.47. The van der Waals surface area contributed by atoms with E-state index in [1.807, 2.05) is 34.6 Å². The zero-order valence-corrected chi connectivity index (χ0v) is 14.1. The Morgan fingerprint density at radius 1 is 1.33 bits per heavy atom. The molecular weight excluding hydrogens is 288 g/mol. The lowest BCUT2D eigenvalue weighted by Gasteiger charge is -2.28. The van der Waals surface area contributed by atoms with Gasteiger partial charge in [-0.05, 0) is 46.2 Å². The van der Waals surface area contributed by atoms with Crippen LogP contribution in [0.5, 0.6) is 0 Å². The van der Waals surface area contributed by atoms with Gasteiger partial charge in [-0.1, -0.05) is 0 Å². The number of thiophene rings is 1. The van der Waals surface area contributed by atoms with Gasteiger partial charge in [0.05, 0.1) is 12.5 Å². The quantitative estimate of drug-likeness (QED) is 0.846. The van der Waals surface area contributed by atoms with Crippen molar-refractivity contribution < 1.29 is 14.7 Å². The molecule has 1 unspecified atom stereocenters. The summed E-state index contributed by atoms with van der Waals surface area (Å²) in [7, 11) is 0. The number of aryl methyl sites for hydroxylation is 2. The van der Waals surface area contributed by atoms with E-state index in [0.29, 0.717) is 0 Å². The third-order valence-electron chi connectivity index (χ3n) is 3.34. The number of urea groups is 1. The highest BCUT2D eigenvalue weighted by Crippen LogP contribution is 2.26. The fourth-order valence-electron chi connectivity index (χ4n) is 2.24. The molecule has 0 bridgehead atoms. The van der Waals surface area contributed by atoms with Crippen LogP contribution in [0.1, 0.15) is 48.6 Å². The molecule has 0 saturated carbocycles. The van der Waals surface area contributed by atoms with E-state index in [1.54, 1.807) is 16.2 Å². The first-order valence-electron chi connectivity index (χ1n) is 7.08. The Hall–Kier alpha value is -1.56. The van der Waals surface area contributed by atoms with Crippen LogP contribution in [0.4, 0.5) is 4.79 Å². The van der Waals surface area contributed by atoms with Crippen molar-refractivity contribution >= 4 is 23.3 Å². The maximum atomic E-state index is 12.3. The SMILES string of the molecule is Cc1cc(C(C)NC(=O)N(CCC(=O)O)C(C)C)c(C)s1. The van der Waals surface area contributed by atoms with Gasteiger partial charge in [-0.2, -0.15) is 0 Å². The van der Waals surface area contributed by atoms with Crippen molar-refractivity contribution in [3.63, 3.8) is 0 Å². The van der Waals surface area contributed by atoms with Gasteiger partial charge in [-0.25, -0.2) is 4.79 Å². The largest absolute Gasteiger partial charge is 0.481 e. The first-order valence-corrected chi connectivity index (χ1v) is 7.89. The van der Waals surface area contributed by atoms with Crippen molar-refractivity contribution in [2.75, 3.05) is 6.54 Å². The van der Waals surface area contributed by atoms with E-state index in [4.69, 9.17) is 5.11 Å². The highest BCUT2D eigenvalue weighted by Gasteiger charge is 2.21. The molecule has 2 amide bonds. The van der Waals surface area contributed by atoms with Gasteiger partial charge in [-0.3, -0.25) is 4.79 Å². The molecule has 1 rings (SSSR count). The van der Waals surface area contributed by atoms with Crippen molar-refractivity contribution in [1.82, 2.24) is 10.2 Å². The van der Waals surface area contributed by atoms with Gasteiger partial charge in [0.25, 0.3) is 0 Å². The zero-order chi connectivity index (χ0) is 16.2. The zero-order valence-electron chi connectivity index (χ0n) is 13.3. The molecule has 0 aliphatic carbocycles. The van der Waals surface area contributed by atoms with Crippen LogP contribution >= 0.6 is 11.3 Å². The molecule has 21 heavy (non-hydrogen) atoms. The highest BCUT2D eigenvalue weighted by atomic mass is 32.1. The second-order valence-corrected chi connectivity index (χ2v) is 6.93. The van der Waals surface area contributed by atoms with Gasteiger partial charge >= 0.3 is 12.0 Å². The number of carbonyl (C=O) groups is 2. The van der Waals surface area contributed by atoms with Gasteiger partial charge in [0.1, 0.15) is 0 Å². The smallest absolute Gasteiger partial charge is 0.318 e. The van der Waals surface area contributed by atoms with Gasteiger partial charge in [0, 0.05) is 22.3 Å². The second kappa shape index (κ2) is 7.45. The van der Waals surface area contributed by atoms with Crippen LogP contribution in [-0.4, -0.2) is 34.6 Å². The van der Waals surface area contributed by atoms with Crippen LogP contribution in [0.2, 0.25) is 0 Å². The van der Waals surface area contributed by atoms with Crippen molar-refractivity contribution in [3.8, 4) is 0 Å². The molecule has 1 aromatic heterocycles. The van der Waals surface area contributed by atoms with Crippen molar-refractivity contribution in [2.24, 2.45) is 0 Å². The molecular formula is C15H24N2O3S. The number of amides is 2. The fourth-order valence-corrected chi connectivity index (χ4v) is 3.26. The van der Waals surface area contributed by atoms with Crippen molar-refractivity contribution in [1.29, 1.82) is 0 Å². The Morgan fingerprint density at radius 2 is 1.95 bits per heavy atom. The number of nitrogens with zero attached hydrogens (tertiary/aromatic N) is 1. The van der Waals surface area contributed by atoms with E-state index in [2.05, 4.69) is 11.4 Å². The number of hydrogen-bond donors (Lipinski definition) is 2. The van der Waals surface area contributed by atoms with Crippen LogP contribution in [0, 0.1) is 13.8 Å². The van der Waals surface area contributed by atoms with Crippen LogP contribution in [0.3, 0.4) is 0 Å². The number of carboxylic acid groups (broad SMARTS) is 1. The molecule has 0 radical (unpaired) electrons. The van der Waals surface area contributed by atoms with Crippen LogP contribution in [0.25, 0.3) is 0 Å². The van der Waals surface area contributed by atoms with E-state index < -0.39 is 5.97 Å². The van der Waals surface area contributed by atoms with E-state index in [1.165, 1.54) is 9.75 Å². The summed E-state index contributed by atoms with van der Waals surface area (Å²) in [5.74, 6) is -0.897. The first-order chi connectivity index (χ1) is 9.72. The van der Waals surface area contributed by atoms with E-state index in [9.17, 15) is 9.59 Å². The maximum Gasteiger partial charge on any atom is 0.318 e. The minimum Gasteiger partial charge on any atom is -0.481 e. The average Bonchev–Trinajstić information content (AvgIpc) is 2.67. The lowest BCUT2D eigenvalue weighted by atomic mass is 10.1. The molecule has 1 aromatic rings. The normalized spacial score (nSPS) is 12.3. The predicted octanol–water partition coefficient (Wildman–Crippen LogP) is 3.32. The summed E-state index contributed by atoms with van der Waals surface area (Å²) < 4.78 is 0. The lowest BCUT2D eigenvalue weighted by Crippen LogP contribution is -2.45. The van der Waals surface area contributed by atoms with Crippen LogP contribution in [-0.2, 0) is 4.79 Å². The molecule has 2 N–H and O–H groups in total. The molecule has 118 valence electrons. The van der Waals surface area contributed by atoms with E-state index in [0.717, 1.165) is 5.56 Å². The summed E-state index contributed by atoms with van der Waals surface area (Å²) in [4.78, 5) is 27.0. The minimum atomic E-state index is -0.897. The summed E-state index contributed by atoms with van der Waals surface area (Å²) in [5.41, 5.74) is 1.12. The molecule has 1 heterocycles. The van der Waals surface area contributed by atoms with E-state index >= 15 is 0 Å². The number of aliphatic carboxylic acids is 1. The standard InChI is InChI=1S/C15H24N2O3S/c1-9(2)17(7-6-14(18)19)15(20)16-11(4)13-8-10(3)21-12(13)5/h8-9,11H,6-7H2,1-5H3,(H,16,20)(H,18,19). The van der Waals surface area contributed by atoms with Crippen LogP contribution < -0.4 is 5.32 Å². The molecule has 6 heteroatoms. The Morgan fingerprint density at radius 3 is 2.38 bits per heavy atom. The molecule has 0 aliphatic heterocycles. The Kier molecular flexibility index (Phi) is 6.20. The third kappa shape index (κ3) is 5.04. The number of nitrogens with one attached hydrogen (secondary N) is 1. The lowest BCUT2D eigenvalue weighted by molar-refractivity contribution is -0.137. The van der Waals surface area contributed by atoms with Gasteiger partial charge in [0.2, 0.25) is 0 Å². The monoisotopic (exact) mass is 312 g/mol. The molecule has 5 nitrogen and oxygen atoms in total. The first kappa shape index (κ1) is 17.5. The van der Waals surface area contributed by atoms with Crippen molar-refractivity contribution in [2.45, 2.75) is 53.1 Å². The molecule has 0 fully saturated rings. The Balaban J connectivity index is 2.72. The summed E-state index contributed by atoms with van der Waals surface area (Å²) in [6, 6.07) is 1.74. The Labute approximate surface area is 130 Å². The van der Waals surface area contributed by atoms with Crippen molar-refractivity contribution in [3.05, 3.63) is 21.4 Å². The van der Waals surface area contributed by atoms with Gasteiger partial charge in [-0.15, -0.1) is 11.3 Å². The summed E-state index contributed by atoms with van der Waals surface area (Å²) >= 11 is 1.71. The minimum absolute atomic E-state index is 0.0399. The van der Waals surface area contributed by atoms with Crippen LogP contribution in [0.15, 0.2) is 6.07 Å². The number of carboxylic acids is 1. The molecule has 0 aliphatic rings. The molecule has 0 aromatic carbocycles. The van der Waals surface area contributed by atoms with Gasteiger partial charge in [0.15, 0.2) is 0 Å². The average molecular weight is 312 g/mol. The van der Waals surface area contributed by atoms with E-state index in [-0.39, 0.29) is 31.1 Å². The number of hydrogen-bond acceptors (Lipinski definition) is 3. The summed E-state index contributed by atoms with van der Waals surface area (Å²) in [6.07, 6.45) is -0.0451. The predicted molar refractivity (Wildman–Crippen MR) is 84.8 cm³/mol. The summed E-state index contributed by atoms with van der Waals surface area (Å²) in [5, 5.41) is 11.7.